The standard InChI is InChI=1S/C24H29FN4O3/c25-20-6-2-1-4-17(20)15-27-24(31)19-7-8-21(28-23(19)26)16-9-11-29(12-10-16)22(30)14-18-5-3-13-32-18/h1-2,4,6-8,16,18H,3,5,9-15H2,(H2,26,28)(H,27,31)/t18-/m0/s1. The predicted octanol–water partition coefficient (Wildman–Crippen LogP) is 3.01. The first kappa shape index (κ1) is 22.2. The van der Waals surface area contributed by atoms with Gasteiger partial charge in [-0.2, -0.15) is 0 Å². The summed E-state index contributed by atoms with van der Waals surface area (Å²) in [4.78, 5) is 31.4. The summed E-state index contributed by atoms with van der Waals surface area (Å²) in [6.07, 6.45) is 4.15. The number of aromatic nitrogens is 1. The highest BCUT2D eigenvalue weighted by molar-refractivity contribution is 5.98. The first-order chi connectivity index (χ1) is 15.5. The van der Waals surface area contributed by atoms with Crippen molar-refractivity contribution >= 4 is 17.6 Å². The average Bonchev–Trinajstić information content (AvgIpc) is 3.31. The first-order valence-electron chi connectivity index (χ1n) is 11.2. The molecule has 170 valence electrons. The van der Waals surface area contributed by atoms with Crippen LogP contribution in [-0.4, -0.2) is 47.5 Å². The Labute approximate surface area is 187 Å². The molecule has 3 heterocycles. The number of rotatable bonds is 6. The third-order valence-corrected chi connectivity index (χ3v) is 6.28. The van der Waals surface area contributed by atoms with Crippen molar-refractivity contribution in [2.45, 2.75) is 50.7 Å². The van der Waals surface area contributed by atoms with Crippen LogP contribution < -0.4 is 11.1 Å². The zero-order valence-electron chi connectivity index (χ0n) is 18.1. The van der Waals surface area contributed by atoms with Gasteiger partial charge >= 0.3 is 0 Å². The minimum atomic E-state index is -0.389. The van der Waals surface area contributed by atoms with Gasteiger partial charge < -0.3 is 20.7 Å². The van der Waals surface area contributed by atoms with Crippen molar-refractivity contribution in [3.8, 4) is 0 Å². The van der Waals surface area contributed by atoms with Crippen LogP contribution in [0.2, 0.25) is 0 Å². The number of halogens is 1. The Morgan fingerprint density at radius 1 is 1.16 bits per heavy atom. The number of pyridine rings is 1. The Morgan fingerprint density at radius 3 is 2.62 bits per heavy atom. The van der Waals surface area contributed by atoms with E-state index in [4.69, 9.17) is 10.5 Å². The van der Waals surface area contributed by atoms with Crippen molar-refractivity contribution in [3.05, 3.63) is 59.0 Å². The first-order valence-corrected chi connectivity index (χ1v) is 11.2. The van der Waals surface area contributed by atoms with E-state index in [9.17, 15) is 14.0 Å². The van der Waals surface area contributed by atoms with Gasteiger partial charge in [0.1, 0.15) is 11.6 Å². The zero-order valence-corrected chi connectivity index (χ0v) is 18.1. The molecule has 2 amide bonds. The molecule has 0 aliphatic carbocycles. The quantitative estimate of drug-likeness (QED) is 0.720. The van der Waals surface area contributed by atoms with Crippen LogP contribution in [0, 0.1) is 5.82 Å². The number of anilines is 1. The van der Waals surface area contributed by atoms with Gasteiger partial charge in [0, 0.05) is 43.4 Å². The third kappa shape index (κ3) is 5.24. The third-order valence-electron chi connectivity index (χ3n) is 6.28. The van der Waals surface area contributed by atoms with Gasteiger partial charge in [0.15, 0.2) is 0 Å². The highest BCUT2D eigenvalue weighted by Crippen LogP contribution is 2.29. The number of nitrogens with one attached hydrogen (secondary N) is 1. The molecule has 2 aliphatic rings. The highest BCUT2D eigenvalue weighted by atomic mass is 19.1. The van der Waals surface area contributed by atoms with Crippen LogP contribution in [0.15, 0.2) is 36.4 Å². The normalized spacial score (nSPS) is 19.2. The number of hydrogen-bond donors (Lipinski definition) is 2. The van der Waals surface area contributed by atoms with E-state index in [0.717, 1.165) is 38.0 Å². The van der Waals surface area contributed by atoms with Crippen molar-refractivity contribution in [1.29, 1.82) is 0 Å². The van der Waals surface area contributed by atoms with Gasteiger partial charge in [0.05, 0.1) is 18.1 Å². The predicted molar refractivity (Wildman–Crippen MR) is 118 cm³/mol. The van der Waals surface area contributed by atoms with Crippen molar-refractivity contribution in [3.63, 3.8) is 0 Å². The van der Waals surface area contributed by atoms with Gasteiger partial charge in [0.2, 0.25) is 5.91 Å². The van der Waals surface area contributed by atoms with Crippen LogP contribution >= 0.6 is 0 Å². The number of nitrogens with two attached hydrogens (primary N) is 1. The lowest BCUT2D eigenvalue weighted by Gasteiger charge is -2.32. The van der Waals surface area contributed by atoms with Crippen molar-refractivity contribution in [1.82, 2.24) is 15.2 Å². The molecular formula is C24H29FN4O3. The van der Waals surface area contributed by atoms with Crippen LogP contribution in [0.4, 0.5) is 10.2 Å². The number of nitrogens with zero attached hydrogens (tertiary/aromatic N) is 2. The maximum Gasteiger partial charge on any atom is 0.255 e. The molecule has 2 aromatic rings. The molecule has 1 aromatic heterocycles. The fourth-order valence-corrected chi connectivity index (χ4v) is 4.38. The van der Waals surface area contributed by atoms with Crippen LogP contribution in [0.1, 0.15) is 59.6 Å². The Morgan fingerprint density at radius 2 is 1.94 bits per heavy atom. The second-order valence-corrected chi connectivity index (χ2v) is 8.44. The molecule has 2 aliphatic heterocycles. The Hall–Kier alpha value is -3.00. The van der Waals surface area contributed by atoms with E-state index in [1.54, 1.807) is 24.3 Å². The Bertz CT molecular complexity index is 969. The SMILES string of the molecule is Nc1nc(C2CCN(C(=O)C[C@@H]3CCCO3)CC2)ccc1C(=O)NCc1ccccc1F. The monoisotopic (exact) mass is 440 g/mol. The number of likely N-dealkylation sites (tertiary alicyclic amines) is 1. The second-order valence-electron chi connectivity index (χ2n) is 8.44. The molecular weight excluding hydrogens is 411 g/mol. The van der Waals surface area contributed by atoms with E-state index in [1.807, 2.05) is 11.0 Å². The molecule has 8 heteroatoms. The number of nitrogen functional groups attached to an aromatic ring is 1. The average molecular weight is 441 g/mol. The molecule has 0 spiro atoms. The summed E-state index contributed by atoms with van der Waals surface area (Å²) in [5.74, 6) is -0.246. The number of benzene rings is 1. The summed E-state index contributed by atoms with van der Waals surface area (Å²) in [5.41, 5.74) is 7.58. The van der Waals surface area contributed by atoms with Gasteiger partial charge in [-0.15, -0.1) is 0 Å². The molecule has 0 unspecified atom stereocenters. The van der Waals surface area contributed by atoms with Gasteiger partial charge in [-0.3, -0.25) is 9.59 Å². The van der Waals surface area contributed by atoms with Crippen LogP contribution in [-0.2, 0) is 16.1 Å². The topological polar surface area (TPSA) is 97.6 Å². The molecule has 7 nitrogen and oxygen atoms in total. The Kier molecular flexibility index (Phi) is 6.99. The molecule has 32 heavy (non-hydrogen) atoms. The summed E-state index contributed by atoms with van der Waals surface area (Å²) in [6.45, 7) is 2.20. The number of carbonyl (C=O) groups is 2. The summed E-state index contributed by atoms with van der Waals surface area (Å²) >= 11 is 0. The summed E-state index contributed by atoms with van der Waals surface area (Å²) < 4.78 is 19.3. The minimum absolute atomic E-state index is 0.0683. The van der Waals surface area contributed by atoms with Crippen molar-refractivity contribution < 1.29 is 18.7 Å². The van der Waals surface area contributed by atoms with Gasteiger partial charge in [-0.05, 0) is 43.9 Å². The van der Waals surface area contributed by atoms with Crippen molar-refractivity contribution in [2.75, 3.05) is 25.4 Å². The molecule has 4 rings (SSSR count). The number of hydrogen-bond acceptors (Lipinski definition) is 5. The van der Waals surface area contributed by atoms with E-state index in [1.165, 1.54) is 6.07 Å². The van der Waals surface area contributed by atoms with Crippen LogP contribution in [0.3, 0.4) is 0 Å². The number of amides is 2. The fraction of sp³-hybridized carbons (Fsp3) is 0.458. The van der Waals surface area contributed by atoms with E-state index in [2.05, 4.69) is 10.3 Å². The van der Waals surface area contributed by atoms with Gasteiger partial charge in [-0.25, -0.2) is 9.37 Å². The molecule has 0 bridgehead atoms. The van der Waals surface area contributed by atoms with E-state index < -0.39 is 0 Å². The van der Waals surface area contributed by atoms with Gasteiger partial charge in [-0.1, -0.05) is 18.2 Å². The zero-order chi connectivity index (χ0) is 22.5. The molecule has 2 fully saturated rings. The molecule has 3 N–H and O–H groups in total. The largest absolute Gasteiger partial charge is 0.383 e. The minimum Gasteiger partial charge on any atom is -0.383 e. The van der Waals surface area contributed by atoms with Crippen molar-refractivity contribution in [2.24, 2.45) is 0 Å². The maximum absolute atomic E-state index is 13.7. The summed E-state index contributed by atoms with van der Waals surface area (Å²) in [6, 6.07) is 9.79. The van der Waals surface area contributed by atoms with E-state index in [0.29, 0.717) is 25.1 Å². The molecule has 0 saturated carbocycles. The van der Waals surface area contributed by atoms with Crippen LogP contribution in [0.25, 0.3) is 0 Å². The molecule has 1 aromatic carbocycles. The lowest BCUT2D eigenvalue weighted by molar-refractivity contribution is -0.134. The molecule has 0 radical (unpaired) electrons. The number of piperidine rings is 1. The lowest BCUT2D eigenvalue weighted by atomic mass is 9.92. The highest BCUT2D eigenvalue weighted by Gasteiger charge is 2.28. The van der Waals surface area contributed by atoms with E-state index in [-0.39, 0.29) is 47.6 Å². The maximum atomic E-state index is 13.7. The smallest absolute Gasteiger partial charge is 0.255 e. The number of carbonyl (C=O) groups excluding carboxylic acids is 2. The summed E-state index contributed by atoms with van der Waals surface area (Å²) in [5, 5.41) is 2.69. The Balaban J connectivity index is 1.30. The second kappa shape index (κ2) is 10.1. The molecule has 2 saturated heterocycles. The molecule has 1 atom stereocenters. The summed E-state index contributed by atoms with van der Waals surface area (Å²) in [7, 11) is 0. The van der Waals surface area contributed by atoms with Crippen LogP contribution in [0.5, 0.6) is 0 Å². The van der Waals surface area contributed by atoms with Gasteiger partial charge in [0.25, 0.3) is 5.91 Å². The number of ether oxygens (including phenoxy) is 1. The lowest BCUT2D eigenvalue weighted by Crippen LogP contribution is -2.39. The van der Waals surface area contributed by atoms with E-state index >= 15 is 0 Å². The fourth-order valence-electron chi connectivity index (χ4n) is 4.38.